The number of hydrogen-bond acceptors (Lipinski definition) is 7. The molecule has 2 aromatic heterocycles. The monoisotopic (exact) mass is 486 g/mol. The van der Waals surface area contributed by atoms with Gasteiger partial charge in [0.2, 0.25) is 5.95 Å². The Bertz CT molecular complexity index is 1130. The van der Waals surface area contributed by atoms with Crippen LogP contribution in [0.2, 0.25) is 0 Å². The molecule has 0 unspecified atom stereocenters. The summed E-state index contributed by atoms with van der Waals surface area (Å²) in [7, 11) is 6.27. The van der Waals surface area contributed by atoms with Crippen LogP contribution < -0.4 is 10.2 Å². The second-order valence-electron chi connectivity index (χ2n) is 8.98. The number of anilines is 3. The minimum Gasteiger partial charge on any atom is -0.373 e. The predicted octanol–water partition coefficient (Wildman–Crippen LogP) is 5.49. The molecule has 0 saturated carbocycles. The van der Waals surface area contributed by atoms with E-state index in [1.54, 1.807) is 12.3 Å². The van der Waals surface area contributed by atoms with Crippen molar-refractivity contribution in [3.05, 3.63) is 85.4 Å². The van der Waals surface area contributed by atoms with Gasteiger partial charge in [0, 0.05) is 60.7 Å². The lowest BCUT2D eigenvalue weighted by atomic mass is 10.1. The summed E-state index contributed by atoms with van der Waals surface area (Å²) >= 11 is 0. The van der Waals surface area contributed by atoms with Crippen LogP contribution in [0.25, 0.3) is 11.3 Å². The third kappa shape index (κ3) is 8.29. The fourth-order valence-corrected chi connectivity index (χ4v) is 3.78. The first-order chi connectivity index (χ1) is 17.5. The number of rotatable bonds is 15. The fraction of sp³-hybridized carbons (Fsp3) is 0.345. The highest BCUT2D eigenvalue weighted by Crippen LogP contribution is 2.27. The Morgan fingerprint density at radius 1 is 0.972 bits per heavy atom. The number of unbranched alkanes of at least 4 members (excludes halogenated alkanes) is 1. The number of ether oxygens (including phenoxy) is 1. The van der Waals surface area contributed by atoms with E-state index in [1.807, 2.05) is 24.4 Å². The average Bonchev–Trinajstić information content (AvgIpc) is 2.88. The maximum atomic E-state index is 5.79. The number of nitrogens with zero attached hydrogens (tertiary/aromatic N) is 5. The van der Waals surface area contributed by atoms with E-state index in [4.69, 9.17) is 9.72 Å². The van der Waals surface area contributed by atoms with Crippen molar-refractivity contribution in [2.75, 3.05) is 51.1 Å². The maximum Gasteiger partial charge on any atom is 0.227 e. The van der Waals surface area contributed by atoms with Crippen LogP contribution in [0.3, 0.4) is 0 Å². The first-order valence-electron chi connectivity index (χ1n) is 12.3. The molecule has 7 nitrogen and oxygen atoms in total. The number of hydrogen-bond donors (Lipinski definition) is 1. The molecule has 1 aromatic carbocycles. The molecule has 0 radical (unpaired) electrons. The van der Waals surface area contributed by atoms with E-state index in [9.17, 15) is 0 Å². The molecule has 3 aromatic rings. The molecule has 1 N–H and O–H groups in total. The van der Waals surface area contributed by atoms with Crippen molar-refractivity contribution in [3.8, 4) is 11.3 Å². The number of pyridine rings is 1. The summed E-state index contributed by atoms with van der Waals surface area (Å²) in [5.41, 5.74) is 6.09. The van der Waals surface area contributed by atoms with Crippen molar-refractivity contribution in [1.82, 2.24) is 19.9 Å². The van der Waals surface area contributed by atoms with E-state index in [2.05, 4.69) is 83.7 Å². The van der Waals surface area contributed by atoms with Crippen molar-refractivity contribution in [3.63, 3.8) is 0 Å². The van der Waals surface area contributed by atoms with Gasteiger partial charge in [0.05, 0.1) is 18.9 Å². The predicted molar refractivity (Wildman–Crippen MR) is 150 cm³/mol. The lowest BCUT2D eigenvalue weighted by Gasteiger charge is -2.25. The standard InChI is InChI=1S/C29H38N6O/c1-6-8-9-10-25-20-23(13-15-30-25)27-14-16-31-29(33-27)32-26-11-12-28(35(5)18-17-34(3)4)24(21-26)22-36-19-7-2/h6-7,11-16,20-21H,1-2,8-10,17-19,22H2,3-5H3,(H,31,32,33). The summed E-state index contributed by atoms with van der Waals surface area (Å²) in [6.07, 6.45) is 10.3. The van der Waals surface area contributed by atoms with Gasteiger partial charge in [0.1, 0.15) is 0 Å². The van der Waals surface area contributed by atoms with E-state index in [0.717, 1.165) is 66.2 Å². The molecule has 2 heterocycles. The number of nitrogens with one attached hydrogen (secondary N) is 1. The highest BCUT2D eigenvalue weighted by atomic mass is 16.5. The lowest BCUT2D eigenvalue weighted by Crippen LogP contribution is -2.29. The van der Waals surface area contributed by atoms with Crippen LogP contribution in [0.5, 0.6) is 0 Å². The van der Waals surface area contributed by atoms with Crippen molar-refractivity contribution in [1.29, 1.82) is 0 Å². The molecule has 0 aliphatic rings. The normalized spacial score (nSPS) is 10.9. The highest BCUT2D eigenvalue weighted by molar-refractivity contribution is 5.65. The molecule has 0 spiro atoms. The minimum atomic E-state index is 0.496. The van der Waals surface area contributed by atoms with E-state index in [1.165, 1.54) is 0 Å². The zero-order valence-corrected chi connectivity index (χ0v) is 21.8. The second-order valence-corrected chi connectivity index (χ2v) is 8.98. The Morgan fingerprint density at radius 3 is 2.58 bits per heavy atom. The van der Waals surface area contributed by atoms with Crippen LogP contribution in [0.15, 0.2) is 74.1 Å². The first kappa shape index (κ1) is 27.0. The van der Waals surface area contributed by atoms with Gasteiger partial charge in [0.25, 0.3) is 0 Å². The van der Waals surface area contributed by atoms with Crippen LogP contribution in [0.4, 0.5) is 17.3 Å². The molecule has 7 heteroatoms. The third-order valence-corrected chi connectivity index (χ3v) is 5.73. The van der Waals surface area contributed by atoms with Crippen molar-refractivity contribution in [2.45, 2.75) is 25.9 Å². The Labute approximate surface area is 215 Å². The Balaban J connectivity index is 1.79. The minimum absolute atomic E-state index is 0.496. The summed E-state index contributed by atoms with van der Waals surface area (Å²) in [6.45, 7) is 10.4. The van der Waals surface area contributed by atoms with Gasteiger partial charge in [-0.1, -0.05) is 12.2 Å². The highest BCUT2D eigenvalue weighted by Gasteiger charge is 2.11. The Morgan fingerprint density at radius 2 is 1.81 bits per heavy atom. The fourth-order valence-electron chi connectivity index (χ4n) is 3.78. The summed E-state index contributed by atoms with van der Waals surface area (Å²) in [4.78, 5) is 18.1. The summed E-state index contributed by atoms with van der Waals surface area (Å²) < 4.78 is 5.79. The first-order valence-corrected chi connectivity index (χ1v) is 12.3. The molecular weight excluding hydrogens is 448 g/mol. The molecular formula is C29H38N6O. The number of benzene rings is 1. The number of aryl methyl sites for hydroxylation is 1. The topological polar surface area (TPSA) is 66.4 Å². The van der Waals surface area contributed by atoms with Crippen molar-refractivity contribution in [2.24, 2.45) is 0 Å². The molecule has 0 bridgehead atoms. The largest absolute Gasteiger partial charge is 0.373 e. The van der Waals surface area contributed by atoms with Crippen LogP contribution in [-0.2, 0) is 17.8 Å². The van der Waals surface area contributed by atoms with Gasteiger partial charge in [0.15, 0.2) is 0 Å². The van der Waals surface area contributed by atoms with Crippen LogP contribution in [-0.4, -0.2) is 60.7 Å². The van der Waals surface area contributed by atoms with Gasteiger partial charge < -0.3 is 19.9 Å². The molecule has 0 aliphatic carbocycles. The van der Waals surface area contributed by atoms with Gasteiger partial charge in [-0.15, -0.1) is 13.2 Å². The van der Waals surface area contributed by atoms with Crippen molar-refractivity contribution < 1.29 is 4.74 Å². The van der Waals surface area contributed by atoms with E-state index < -0.39 is 0 Å². The third-order valence-electron chi connectivity index (χ3n) is 5.73. The van der Waals surface area contributed by atoms with Gasteiger partial charge >= 0.3 is 0 Å². The van der Waals surface area contributed by atoms with Gasteiger partial charge in [-0.05, 0) is 69.8 Å². The molecule has 36 heavy (non-hydrogen) atoms. The van der Waals surface area contributed by atoms with Gasteiger partial charge in [-0.25, -0.2) is 9.97 Å². The molecule has 0 atom stereocenters. The number of aromatic nitrogens is 3. The average molecular weight is 487 g/mol. The zero-order chi connectivity index (χ0) is 25.8. The molecule has 0 aliphatic heterocycles. The zero-order valence-electron chi connectivity index (χ0n) is 21.8. The van der Waals surface area contributed by atoms with Crippen LogP contribution in [0, 0.1) is 0 Å². The quantitative estimate of drug-likeness (QED) is 0.225. The Kier molecular flexibility index (Phi) is 10.6. The number of likely N-dealkylation sites (N-methyl/N-ethyl adjacent to an activating group) is 2. The summed E-state index contributed by atoms with van der Waals surface area (Å²) in [6, 6.07) is 12.3. The molecule has 0 fully saturated rings. The molecule has 3 rings (SSSR count). The number of allylic oxidation sites excluding steroid dienone is 1. The molecule has 0 saturated heterocycles. The summed E-state index contributed by atoms with van der Waals surface area (Å²) in [5, 5.41) is 3.37. The molecule has 190 valence electrons. The van der Waals surface area contributed by atoms with Crippen molar-refractivity contribution >= 4 is 17.3 Å². The SMILES string of the molecule is C=CCCCc1cc(-c2ccnc(Nc3ccc(N(C)CCN(C)C)c(COCC=C)c3)n2)ccn1. The maximum absolute atomic E-state index is 5.79. The smallest absolute Gasteiger partial charge is 0.227 e. The van der Waals surface area contributed by atoms with Crippen LogP contribution >= 0.6 is 0 Å². The lowest BCUT2D eigenvalue weighted by molar-refractivity contribution is 0.149. The van der Waals surface area contributed by atoms with E-state index >= 15 is 0 Å². The Hall–Kier alpha value is -3.55. The summed E-state index contributed by atoms with van der Waals surface area (Å²) in [5.74, 6) is 0.546. The molecule has 0 amide bonds. The van der Waals surface area contributed by atoms with Crippen LogP contribution in [0.1, 0.15) is 24.1 Å². The van der Waals surface area contributed by atoms with Gasteiger partial charge in [-0.3, -0.25) is 4.98 Å². The van der Waals surface area contributed by atoms with E-state index in [-0.39, 0.29) is 0 Å². The van der Waals surface area contributed by atoms with E-state index in [0.29, 0.717) is 19.2 Å². The van der Waals surface area contributed by atoms with Gasteiger partial charge in [-0.2, -0.15) is 0 Å². The second kappa shape index (κ2) is 14.1.